The van der Waals surface area contributed by atoms with Gasteiger partial charge >= 0.3 is 0 Å². The third kappa shape index (κ3) is 4.90. The van der Waals surface area contributed by atoms with Crippen LogP contribution in [0.3, 0.4) is 0 Å². The minimum Gasteiger partial charge on any atom is -0.491 e. The van der Waals surface area contributed by atoms with Crippen LogP contribution >= 0.6 is 0 Å². The summed E-state index contributed by atoms with van der Waals surface area (Å²) < 4.78 is 68.7. The van der Waals surface area contributed by atoms with Gasteiger partial charge in [-0.25, -0.2) is 8.78 Å². The van der Waals surface area contributed by atoms with Crippen molar-refractivity contribution in [1.29, 1.82) is 0 Å². The van der Waals surface area contributed by atoms with Crippen molar-refractivity contribution in [3.63, 3.8) is 0 Å². The van der Waals surface area contributed by atoms with Crippen LogP contribution in [-0.2, 0) is 12.8 Å². The van der Waals surface area contributed by atoms with Crippen LogP contribution in [0.5, 0.6) is 17.2 Å². The Balaban J connectivity index is 1.79. The molecule has 0 fully saturated rings. The molecule has 0 N–H and O–H groups in total. The number of ether oxygens (including phenoxy) is 2. The van der Waals surface area contributed by atoms with Gasteiger partial charge in [-0.3, -0.25) is 0 Å². The number of rotatable bonds is 9. The fraction of sp³-hybridized carbons (Fsp3) is 0.308. The van der Waals surface area contributed by atoms with Gasteiger partial charge in [0.1, 0.15) is 5.83 Å². The molecule has 3 rings (SSSR count). The second-order valence-electron chi connectivity index (χ2n) is 7.73. The number of aryl methyl sites for hydroxylation is 1. The first kappa shape index (κ1) is 23.6. The molecule has 0 saturated heterocycles. The van der Waals surface area contributed by atoms with Gasteiger partial charge in [-0.05, 0) is 49.5 Å². The summed E-state index contributed by atoms with van der Waals surface area (Å²) in [6.45, 7) is 11.3. The Morgan fingerprint density at radius 1 is 1.03 bits per heavy atom. The zero-order valence-corrected chi connectivity index (χ0v) is 18.3. The van der Waals surface area contributed by atoms with E-state index in [4.69, 9.17) is 9.47 Å². The molecule has 2 aromatic carbocycles. The van der Waals surface area contributed by atoms with E-state index >= 15 is 4.39 Å². The molecule has 6 heteroatoms. The summed E-state index contributed by atoms with van der Waals surface area (Å²) >= 11 is 0. The fourth-order valence-electron chi connectivity index (χ4n) is 3.60. The van der Waals surface area contributed by atoms with Gasteiger partial charge in [0, 0.05) is 17.5 Å². The summed E-state index contributed by atoms with van der Waals surface area (Å²) in [7, 11) is 0. The minimum atomic E-state index is -1.21. The average Bonchev–Trinajstić information content (AvgIpc) is 2.76. The second kappa shape index (κ2) is 10.1. The Morgan fingerprint density at radius 2 is 1.75 bits per heavy atom. The van der Waals surface area contributed by atoms with E-state index in [1.807, 2.05) is 6.92 Å². The Labute approximate surface area is 185 Å². The summed E-state index contributed by atoms with van der Waals surface area (Å²) in [5.74, 6) is -4.23. The van der Waals surface area contributed by atoms with Crippen LogP contribution in [0.15, 0.2) is 54.4 Å². The third-order valence-corrected chi connectivity index (χ3v) is 5.28. The van der Waals surface area contributed by atoms with E-state index in [9.17, 15) is 13.2 Å². The number of benzene rings is 2. The van der Waals surface area contributed by atoms with Gasteiger partial charge in [0.05, 0.1) is 6.61 Å². The molecule has 1 aliphatic heterocycles. The van der Waals surface area contributed by atoms with E-state index in [1.165, 1.54) is 12.1 Å². The van der Waals surface area contributed by atoms with E-state index in [2.05, 4.69) is 13.2 Å². The maximum absolute atomic E-state index is 15.1. The van der Waals surface area contributed by atoms with Crippen molar-refractivity contribution in [2.24, 2.45) is 0 Å². The molecule has 2 aromatic rings. The summed E-state index contributed by atoms with van der Waals surface area (Å²) in [5.41, 5.74) is 2.07. The molecule has 0 spiro atoms. The van der Waals surface area contributed by atoms with Crippen LogP contribution in [0.1, 0.15) is 49.8 Å². The highest BCUT2D eigenvalue weighted by atomic mass is 19.2. The van der Waals surface area contributed by atoms with E-state index in [1.54, 1.807) is 19.1 Å². The third-order valence-electron chi connectivity index (χ3n) is 5.28. The highest BCUT2D eigenvalue weighted by molar-refractivity contribution is 5.54. The Morgan fingerprint density at radius 3 is 2.44 bits per heavy atom. The quantitative estimate of drug-likeness (QED) is 0.246. The van der Waals surface area contributed by atoms with Gasteiger partial charge in [0.2, 0.25) is 11.6 Å². The monoisotopic (exact) mass is 446 g/mol. The van der Waals surface area contributed by atoms with Gasteiger partial charge in [-0.1, -0.05) is 44.2 Å². The van der Waals surface area contributed by atoms with E-state index in [0.29, 0.717) is 23.1 Å². The van der Waals surface area contributed by atoms with Crippen LogP contribution < -0.4 is 9.47 Å². The minimum absolute atomic E-state index is 0.143. The van der Waals surface area contributed by atoms with Crippen LogP contribution in [0.2, 0.25) is 0 Å². The maximum atomic E-state index is 15.1. The van der Waals surface area contributed by atoms with Crippen molar-refractivity contribution >= 4 is 0 Å². The van der Waals surface area contributed by atoms with Crippen LogP contribution in [-0.4, -0.2) is 6.61 Å². The molecule has 0 unspecified atom stereocenters. The zero-order valence-electron chi connectivity index (χ0n) is 18.3. The first-order chi connectivity index (χ1) is 15.3. The van der Waals surface area contributed by atoms with Gasteiger partial charge in [0.25, 0.3) is 0 Å². The SMILES string of the molecule is C=C(/C=C(/F)C(=C)CCc1ccc2c(c1F)Oc1c(cc(OCC)c(F)c1F)C2)CCC. The smallest absolute Gasteiger partial charge is 0.205 e. The molecule has 170 valence electrons. The molecule has 0 amide bonds. The number of hydrogen-bond acceptors (Lipinski definition) is 2. The van der Waals surface area contributed by atoms with E-state index < -0.39 is 23.3 Å². The Bertz CT molecular complexity index is 1090. The van der Waals surface area contributed by atoms with Crippen molar-refractivity contribution in [3.05, 3.63) is 88.5 Å². The highest BCUT2D eigenvalue weighted by Gasteiger charge is 2.28. The van der Waals surface area contributed by atoms with Crippen molar-refractivity contribution < 1.29 is 27.0 Å². The maximum Gasteiger partial charge on any atom is 0.205 e. The molecule has 0 radical (unpaired) electrons. The molecule has 0 aromatic heterocycles. The molecular weight excluding hydrogens is 420 g/mol. The van der Waals surface area contributed by atoms with Crippen molar-refractivity contribution in [3.8, 4) is 17.2 Å². The average molecular weight is 446 g/mol. The number of halogens is 4. The lowest BCUT2D eigenvalue weighted by Crippen LogP contribution is -2.10. The van der Waals surface area contributed by atoms with Crippen molar-refractivity contribution in [1.82, 2.24) is 0 Å². The van der Waals surface area contributed by atoms with Gasteiger partial charge in [-0.2, -0.15) is 8.78 Å². The summed E-state index contributed by atoms with van der Waals surface area (Å²) in [5, 5.41) is 0. The fourth-order valence-corrected chi connectivity index (χ4v) is 3.60. The molecule has 2 nitrogen and oxygen atoms in total. The predicted octanol–water partition coefficient (Wildman–Crippen LogP) is 7.90. The molecular formula is C26H26F4O2. The van der Waals surface area contributed by atoms with E-state index in [0.717, 1.165) is 6.42 Å². The first-order valence-electron chi connectivity index (χ1n) is 10.6. The molecule has 1 heterocycles. The Kier molecular flexibility index (Phi) is 7.44. The van der Waals surface area contributed by atoms with Crippen LogP contribution in [0.4, 0.5) is 17.6 Å². The first-order valence-corrected chi connectivity index (χ1v) is 10.6. The van der Waals surface area contributed by atoms with Crippen LogP contribution in [0, 0.1) is 17.5 Å². The number of allylic oxidation sites excluding steroid dienone is 4. The summed E-state index contributed by atoms with van der Waals surface area (Å²) in [6, 6.07) is 4.64. The van der Waals surface area contributed by atoms with E-state index in [-0.39, 0.29) is 54.3 Å². The molecule has 0 atom stereocenters. The summed E-state index contributed by atoms with van der Waals surface area (Å²) in [6.07, 6.45) is 3.42. The normalized spacial score (nSPS) is 12.6. The molecule has 1 aliphatic rings. The van der Waals surface area contributed by atoms with Gasteiger partial charge < -0.3 is 9.47 Å². The van der Waals surface area contributed by atoms with Crippen molar-refractivity contribution in [2.75, 3.05) is 6.61 Å². The van der Waals surface area contributed by atoms with Crippen molar-refractivity contribution in [2.45, 2.75) is 46.0 Å². The lowest BCUT2D eigenvalue weighted by atomic mass is 9.96. The molecule has 32 heavy (non-hydrogen) atoms. The summed E-state index contributed by atoms with van der Waals surface area (Å²) in [4.78, 5) is 0. The molecule has 0 aliphatic carbocycles. The topological polar surface area (TPSA) is 18.5 Å². The lowest BCUT2D eigenvalue weighted by Gasteiger charge is -2.23. The second-order valence-corrected chi connectivity index (χ2v) is 7.73. The largest absolute Gasteiger partial charge is 0.491 e. The van der Waals surface area contributed by atoms with Gasteiger partial charge in [-0.15, -0.1) is 0 Å². The predicted molar refractivity (Wildman–Crippen MR) is 118 cm³/mol. The standard InChI is InChI=1S/C26H26F4O2/c1-5-7-15(3)12-20(27)16(4)8-9-17-10-11-18-13-19-14-21(31-6-2)23(29)24(30)26(19)32-25(18)22(17)28/h10-12,14H,3-9,13H2,1-2H3/b20-12+. The number of fused-ring (bicyclic) bond motifs is 2. The Hall–Kier alpha value is -3.02. The van der Waals surface area contributed by atoms with Gasteiger partial charge in [0.15, 0.2) is 23.1 Å². The molecule has 0 saturated carbocycles. The number of hydrogen-bond donors (Lipinski definition) is 0. The van der Waals surface area contributed by atoms with Crippen LogP contribution in [0.25, 0.3) is 0 Å². The lowest BCUT2D eigenvalue weighted by molar-refractivity contribution is 0.306. The zero-order chi connectivity index (χ0) is 23.4. The highest BCUT2D eigenvalue weighted by Crippen LogP contribution is 2.43. The molecule has 0 bridgehead atoms.